The van der Waals surface area contributed by atoms with Crippen molar-refractivity contribution in [2.75, 3.05) is 7.11 Å². The second kappa shape index (κ2) is 6.57. The van der Waals surface area contributed by atoms with Crippen molar-refractivity contribution in [2.24, 2.45) is 10.8 Å². The number of carbonyl (C=O) groups is 2. The monoisotopic (exact) mass is 442 g/mol. The number of hydrogen-bond donors (Lipinski definition) is 0. The summed E-state index contributed by atoms with van der Waals surface area (Å²) in [7, 11) is 1.41. The number of carbonyl (C=O) groups excluding carboxylic acids is 2. The summed E-state index contributed by atoms with van der Waals surface area (Å²) in [6, 6.07) is 18.6. The van der Waals surface area contributed by atoms with Gasteiger partial charge in [0.1, 0.15) is 0 Å². The zero-order chi connectivity index (χ0) is 20.2. The van der Waals surface area contributed by atoms with E-state index in [1.54, 1.807) is 0 Å². The minimum atomic E-state index is -1.13. The van der Waals surface area contributed by atoms with Crippen molar-refractivity contribution >= 4 is 31.2 Å². The number of methoxy groups -OCH3 is 1. The van der Waals surface area contributed by atoms with Crippen LogP contribution in [-0.4, -0.2) is 33.8 Å². The van der Waals surface area contributed by atoms with Crippen molar-refractivity contribution in [2.45, 2.75) is 43.8 Å². The van der Waals surface area contributed by atoms with E-state index in [1.165, 1.54) is 11.6 Å². The van der Waals surface area contributed by atoms with Crippen LogP contribution in [0.2, 0.25) is 4.82 Å². The predicted octanol–water partition coefficient (Wildman–Crippen LogP) is 3.48. The second-order valence-corrected chi connectivity index (χ2v) is 11.4. The van der Waals surface area contributed by atoms with E-state index in [0.717, 1.165) is 17.5 Å². The summed E-state index contributed by atoms with van der Waals surface area (Å²) >= 11 is 0.151. The molecule has 2 aromatic carbocycles. The van der Waals surface area contributed by atoms with Gasteiger partial charge in [0.2, 0.25) is 0 Å². The Morgan fingerprint density at radius 2 is 1.68 bits per heavy atom. The van der Waals surface area contributed by atoms with Gasteiger partial charge in [-0.25, -0.2) is 0 Å². The molecule has 0 unspecified atom stereocenters. The topological polar surface area (TPSA) is 43.4 Å². The Kier molecular flexibility index (Phi) is 4.56. The van der Waals surface area contributed by atoms with Gasteiger partial charge in [-0.2, -0.15) is 0 Å². The molecule has 2 aliphatic rings. The normalized spacial score (nSPS) is 30.4. The van der Waals surface area contributed by atoms with Gasteiger partial charge in [-0.05, 0) is 0 Å². The van der Waals surface area contributed by atoms with E-state index in [9.17, 15) is 9.59 Å². The van der Waals surface area contributed by atoms with Crippen LogP contribution in [0.5, 0.6) is 0 Å². The Bertz CT molecular complexity index is 936. The maximum atomic E-state index is 13.9. The first-order valence-electron chi connectivity index (χ1n) is 9.71. The molecule has 4 heteroatoms. The van der Waals surface area contributed by atoms with Gasteiger partial charge in [-0.3, -0.25) is 0 Å². The number of fused-ring (bicyclic) bond motifs is 4. The van der Waals surface area contributed by atoms with E-state index in [2.05, 4.69) is 50.2 Å². The van der Waals surface area contributed by atoms with Crippen molar-refractivity contribution in [3.8, 4) is 0 Å². The molecule has 0 amide bonds. The first kappa shape index (κ1) is 19.4. The molecule has 4 rings (SSSR count). The van der Waals surface area contributed by atoms with Gasteiger partial charge in [-0.1, -0.05) is 0 Å². The fourth-order valence-corrected chi connectivity index (χ4v) is 8.51. The summed E-state index contributed by atoms with van der Waals surface area (Å²) in [4.78, 5) is 27.4. The third-order valence-corrected chi connectivity index (χ3v) is 10.3. The summed E-state index contributed by atoms with van der Waals surface area (Å²) in [5.74, 6) is -0.340. The molecule has 146 valence electrons. The molecule has 0 radical (unpaired) electrons. The molecule has 0 N–H and O–H groups in total. The van der Waals surface area contributed by atoms with Crippen LogP contribution < -0.4 is 4.46 Å². The van der Waals surface area contributed by atoms with Crippen LogP contribution in [0.15, 0.2) is 54.6 Å². The number of ketones is 1. The predicted molar refractivity (Wildman–Crippen MR) is 111 cm³/mol. The average molecular weight is 441 g/mol. The van der Waals surface area contributed by atoms with E-state index in [-0.39, 0.29) is 31.5 Å². The first-order valence-corrected chi connectivity index (χ1v) is 11.6. The fraction of sp³-hybridized carbons (Fsp3) is 0.417. The Morgan fingerprint density at radius 3 is 2.36 bits per heavy atom. The molecule has 0 heterocycles. The second-order valence-electron chi connectivity index (χ2n) is 8.74. The van der Waals surface area contributed by atoms with Crippen LogP contribution >= 0.6 is 0 Å². The summed E-state index contributed by atoms with van der Waals surface area (Å²) in [5.41, 5.74) is -0.0815. The third-order valence-electron chi connectivity index (χ3n) is 7.01. The Morgan fingerprint density at radius 1 is 1.04 bits per heavy atom. The molecule has 1 saturated carbocycles. The van der Waals surface area contributed by atoms with Crippen molar-refractivity contribution in [1.82, 2.24) is 0 Å². The van der Waals surface area contributed by atoms with Gasteiger partial charge in [0.05, 0.1) is 0 Å². The molecular weight excluding hydrogens is 415 g/mol. The molecular formula is C24H26O3Se. The molecule has 2 bridgehead atoms. The van der Waals surface area contributed by atoms with Gasteiger partial charge in [0.15, 0.2) is 0 Å². The van der Waals surface area contributed by atoms with Gasteiger partial charge >= 0.3 is 173 Å². The van der Waals surface area contributed by atoms with Crippen LogP contribution in [0.25, 0.3) is 0 Å². The van der Waals surface area contributed by atoms with E-state index < -0.39 is 16.2 Å². The molecule has 0 spiro atoms. The van der Waals surface area contributed by atoms with Crippen LogP contribution in [-0.2, 0) is 26.2 Å². The van der Waals surface area contributed by atoms with Gasteiger partial charge in [0.25, 0.3) is 0 Å². The molecule has 0 saturated heterocycles. The number of rotatable bonds is 3. The maximum absolute atomic E-state index is 13.9. The van der Waals surface area contributed by atoms with Crippen LogP contribution in [0, 0.1) is 10.8 Å². The van der Waals surface area contributed by atoms with Gasteiger partial charge < -0.3 is 0 Å². The molecule has 2 aromatic rings. The molecule has 28 heavy (non-hydrogen) atoms. The Hall–Kier alpha value is -1.90. The minimum absolute atomic E-state index is 0.0376. The molecule has 3 nitrogen and oxygen atoms in total. The van der Waals surface area contributed by atoms with Crippen molar-refractivity contribution in [3.05, 3.63) is 65.7 Å². The number of Topliss-reactive ketones (excluding diaryl/α,β-unsaturated/α-hetero) is 1. The molecule has 2 aliphatic carbocycles. The first-order chi connectivity index (χ1) is 13.3. The molecule has 1 fully saturated rings. The zero-order valence-electron chi connectivity index (χ0n) is 16.8. The molecule has 0 aliphatic heterocycles. The summed E-state index contributed by atoms with van der Waals surface area (Å²) < 4.78 is 6.58. The molecule has 0 aromatic heterocycles. The number of benzene rings is 2. The van der Waals surface area contributed by atoms with E-state index in [4.69, 9.17) is 4.74 Å². The number of esters is 1. The van der Waals surface area contributed by atoms with Crippen molar-refractivity contribution in [3.63, 3.8) is 0 Å². The summed E-state index contributed by atoms with van der Waals surface area (Å²) in [6.45, 7) is 6.24. The van der Waals surface area contributed by atoms with E-state index >= 15 is 0 Å². The zero-order valence-corrected chi connectivity index (χ0v) is 18.5. The summed E-state index contributed by atoms with van der Waals surface area (Å²) in [6.07, 6.45) is 1.20. The summed E-state index contributed by atoms with van der Waals surface area (Å²) in [5, 5.41) is 0. The van der Waals surface area contributed by atoms with E-state index in [0.29, 0.717) is 6.42 Å². The van der Waals surface area contributed by atoms with Gasteiger partial charge in [0, 0.05) is 0 Å². The van der Waals surface area contributed by atoms with Crippen LogP contribution in [0.4, 0.5) is 0 Å². The van der Waals surface area contributed by atoms with Crippen LogP contribution in [0.1, 0.15) is 38.3 Å². The fourth-order valence-electron chi connectivity index (χ4n) is 5.25. The quantitative estimate of drug-likeness (QED) is 0.416. The van der Waals surface area contributed by atoms with Crippen molar-refractivity contribution in [1.29, 1.82) is 0 Å². The molecule has 3 atom stereocenters. The standard InChI is InChI=1S/C24H26O3Se/c1-22(2)19(28-17-11-6-5-7-12-17)15-23(3)18-13-9-8-10-16(18)14-24(22,20(23)25)21(26)27-4/h5-13,19H,14-15H2,1-4H3/t19-,23+,24-/m1/s1. The Balaban J connectivity index is 1.92. The number of ether oxygens (including phenoxy) is 1. The van der Waals surface area contributed by atoms with Gasteiger partial charge in [-0.15, -0.1) is 0 Å². The average Bonchev–Trinajstić information content (AvgIpc) is 2.69. The Labute approximate surface area is 173 Å². The third kappa shape index (κ3) is 2.47. The number of hydrogen-bond acceptors (Lipinski definition) is 3. The SMILES string of the molecule is COC(=O)[C@]12Cc3ccccc3[C@](C)(C[C@@H]([Se]c3ccccc3)C1(C)C)C2=O. The van der Waals surface area contributed by atoms with E-state index in [1.807, 2.05) is 25.1 Å². The van der Waals surface area contributed by atoms with Crippen molar-refractivity contribution < 1.29 is 14.3 Å². The van der Waals surface area contributed by atoms with Crippen LogP contribution in [0.3, 0.4) is 0 Å².